The van der Waals surface area contributed by atoms with Crippen molar-refractivity contribution in [3.05, 3.63) is 24.8 Å². The van der Waals surface area contributed by atoms with E-state index in [0.717, 1.165) is 6.08 Å². The molecule has 0 amide bonds. The molecule has 0 aromatic rings. The van der Waals surface area contributed by atoms with Gasteiger partial charge in [0, 0.05) is 11.6 Å². The van der Waals surface area contributed by atoms with Crippen LogP contribution in [0, 0.1) is 0 Å². The number of hydrogen-bond acceptors (Lipinski definition) is 6. The van der Waals surface area contributed by atoms with Crippen molar-refractivity contribution < 1.29 is 28.5 Å². The lowest BCUT2D eigenvalue weighted by Crippen LogP contribution is -2.14. The first-order chi connectivity index (χ1) is 9.07. The van der Waals surface area contributed by atoms with Crippen molar-refractivity contribution in [2.75, 3.05) is 39.6 Å². The quantitative estimate of drug-likeness (QED) is 0.316. The molecule has 0 aromatic heterocycles. The van der Waals surface area contributed by atoms with Crippen LogP contribution in [0.1, 0.15) is 6.92 Å². The van der Waals surface area contributed by atoms with Gasteiger partial charge in [0.2, 0.25) is 0 Å². The first-order valence-corrected chi connectivity index (χ1v) is 5.85. The van der Waals surface area contributed by atoms with Crippen LogP contribution < -0.4 is 0 Å². The highest BCUT2D eigenvalue weighted by Gasteiger charge is 2.01. The minimum Gasteiger partial charge on any atom is -0.460 e. The van der Waals surface area contributed by atoms with Gasteiger partial charge in [0.15, 0.2) is 0 Å². The maximum atomic E-state index is 11.0. The summed E-state index contributed by atoms with van der Waals surface area (Å²) in [4.78, 5) is 21.6. The van der Waals surface area contributed by atoms with Crippen LogP contribution in [0.25, 0.3) is 0 Å². The predicted molar refractivity (Wildman–Crippen MR) is 68.6 cm³/mol. The molecule has 6 nitrogen and oxygen atoms in total. The predicted octanol–water partition coefficient (Wildman–Crippen LogP) is 0.868. The Balaban J connectivity index is 3.19. The zero-order chi connectivity index (χ0) is 14.5. The molecule has 0 aliphatic rings. The number of esters is 2. The SMILES string of the molecule is C=CC(=O)OCCOCCOCCOC(=O)C(=C)C. The summed E-state index contributed by atoms with van der Waals surface area (Å²) in [6, 6.07) is 0. The van der Waals surface area contributed by atoms with Crippen LogP contribution in [0.2, 0.25) is 0 Å². The van der Waals surface area contributed by atoms with Gasteiger partial charge in [-0.05, 0) is 6.92 Å². The zero-order valence-electron chi connectivity index (χ0n) is 11.2. The topological polar surface area (TPSA) is 71.1 Å². The van der Waals surface area contributed by atoms with E-state index in [1.165, 1.54) is 0 Å². The Morgan fingerprint density at radius 1 is 0.947 bits per heavy atom. The molecule has 0 heterocycles. The van der Waals surface area contributed by atoms with Crippen LogP contribution in [0.3, 0.4) is 0 Å². The summed E-state index contributed by atoms with van der Waals surface area (Å²) in [6.07, 6.45) is 1.09. The third-order valence-electron chi connectivity index (χ3n) is 1.82. The Hall–Kier alpha value is -1.66. The Labute approximate surface area is 113 Å². The molecule has 0 aromatic carbocycles. The molecule has 0 N–H and O–H groups in total. The summed E-state index contributed by atoms with van der Waals surface area (Å²) in [6.45, 7) is 10.0. The second kappa shape index (κ2) is 11.4. The second-order valence-electron chi connectivity index (χ2n) is 3.51. The molecule has 108 valence electrons. The lowest BCUT2D eigenvalue weighted by atomic mass is 10.4. The van der Waals surface area contributed by atoms with Crippen molar-refractivity contribution in [3.63, 3.8) is 0 Å². The van der Waals surface area contributed by atoms with E-state index in [9.17, 15) is 9.59 Å². The van der Waals surface area contributed by atoms with Gasteiger partial charge in [-0.25, -0.2) is 9.59 Å². The zero-order valence-corrected chi connectivity index (χ0v) is 11.2. The molecule has 0 aliphatic heterocycles. The van der Waals surface area contributed by atoms with E-state index in [0.29, 0.717) is 32.0 Å². The molecule has 0 aliphatic carbocycles. The molecule has 0 atom stereocenters. The Morgan fingerprint density at radius 3 is 1.89 bits per heavy atom. The third-order valence-corrected chi connectivity index (χ3v) is 1.82. The number of rotatable bonds is 11. The molecule has 0 rings (SSSR count). The summed E-state index contributed by atoms with van der Waals surface area (Å²) in [5.74, 6) is -0.900. The van der Waals surface area contributed by atoms with Gasteiger partial charge in [-0.15, -0.1) is 0 Å². The summed E-state index contributed by atoms with van der Waals surface area (Å²) in [5, 5.41) is 0. The molecular weight excluding hydrogens is 252 g/mol. The monoisotopic (exact) mass is 272 g/mol. The fourth-order valence-corrected chi connectivity index (χ4v) is 0.899. The summed E-state index contributed by atoms with van der Waals surface area (Å²) in [5.41, 5.74) is 0.359. The average Bonchev–Trinajstić information content (AvgIpc) is 2.39. The lowest BCUT2D eigenvalue weighted by Gasteiger charge is -2.07. The van der Waals surface area contributed by atoms with Crippen LogP contribution in [0.4, 0.5) is 0 Å². The van der Waals surface area contributed by atoms with Crippen molar-refractivity contribution in [1.29, 1.82) is 0 Å². The van der Waals surface area contributed by atoms with Crippen molar-refractivity contribution in [1.82, 2.24) is 0 Å². The molecule has 6 heteroatoms. The number of carbonyl (C=O) groups is 2. The van der Waals surface area contributed by atoms with E-state index in [4.69, 9.17) is 18.9 Å². The highest BCUT2D eigenvalue weighted by Crippen LogP contribution is 1.91. The third kappa shape index (κ3) is 11.2. The van der Waals surface area contributed by atoms with Crippen LogP contribution in [0.15, 0.2) is 24.8 Å². The largest absolute Gasteiger partial charge is 0.460 e. The van der Waals surface area contributed by atoms with Crippen molar-refractivity contribution in [2.24, 2.45) is 0 Å². The normalized spacial score (nSPS) is 9.74. The average molecular weight is 272 g/mol. The van der Waals surface area contributed by atoms with Gasteiger partial charge >= 0.3 is 11.9 Å². The molecule has 0 spiro atoms. The Kier molecular flexibility index (Phi) is 10.4. The van der Waals surface area contributed by atoms with Gasteiger partial charge in [0.25, 0.3) is 0 Å². The van der Waals surface area contributed by atoms with Gasteiger partial charge in [0.1, 0.15) is 13.2 Å². The molecule has 0 saturated carbocycles. The maximum absolute atomic E-state index is 11.0. The number of carbonyl (C=O) groups excluding carboxylic acids is 2. The number of ether oxygens (including phenoxy) is 4. The molecular formula is C13H20O6. The lowest BCUT2D eigenvalue weighted by molar-refractivity contribution is -0.141. The van der Waals surface area contributed by atoms with Crippen molar-refractivity contribution >= 4 is 11.9 Å². The van der Waals surface area contributed by atoms with E-state index in [-0.39, 0.29) is 13.2 Å². The van der Waals surface area contributed by atoms with Gasteiger partial charge in [-0.2, -0.15) is 0 Å². The van der Waals surface area contributed by atoms with Crippen LogP contribution in [-0.2, 0) is 28.5 Å². The van der Waals surface area contributed by atoms with E-state index in [2.05, 4.69) is 13.2 Å². The van der Waals surface area contributed by atoms with Crippen molar-refractivity contribution in [3.8, 4) is 0 Å². The van der Waals surface area contributed by atoms with Gasteiger partial charge in [-0.1, -0.05) is 13.2 Å². The van der Waals surface area contributed by atoms with Crippen LogP contribution in [-0.4, -0.2) is 51.6 Å². The second-order valence-corrected chi connectivity index (χ2v) is 3.51. The maximum Gasteiger partial charge on any atom is 0.333 e. The highest BCUT2D eigenvalue weighted by molar-refractivity contribution is 5.86. The van der Waals surface area contributed by atoms with Crippen LogP contribution >= 0.6 is 0 Å². The minimum atomic E-state index is -0.473. The summed E-state index contributed by atoms with van der Waals surface area (Å²) < 4.78 is 19.8. The smallest absolute Gasteiger partial charge is 0.333 e. The molecule has 19 heavy (non-hydrogen) atoms. The van der Waals surface area contributed by atoms with E-state index in [1.54, 1.807) is 6.92 Å². The van der Waals surface area contributed by atoms with Gasteiger partial charge in [0.05, 0.1) is 26.4 Å². The van der Waals surface area contributed by atoms with Crippen LogP contribution in [0.5, 0.6) is 0 Å². The molecule has 0 bridgehead atoms. The van der Waals surface area contributed by atoms with E-state index >= 15 is 0 Å². The molecule has 0 radical (unpaired) electrons. The fraction of sp³-hybridized carbons (Fsp3) is 0.538. The Bertz CT molecular complexity index is 310. The van der Waals surface area contributed by atoms with Gasteiger partial charge in [-0.3, -0.25) is 0 Å². The Morgan fingerprint density at radius 2 is 1.42 bits per heavy atom. The summed E-state index contributed by atoms with van der Waals surface area (Å²) in [7, 11) is 0. The minimum absolute atomic E-state index is 0.182. The summed E-state index contributed by atoms with van der Waals surface area (Å²) >= 11 is 0. The van der Waals surface area contributed by atoms with E-state index < -0.39 is 11.9 Å². The van der Waals surface area contributed by atoms with E-state index in [1.807, 2.05) is 0 Å². The van der Waals surface area contributed by atoms with Crippen molar-refractivity contribution in [2.45, 2.75) is 6.92 Å². The number of hydrogen-bond donors (Lipinski definition) is 0. The first-order valence-electron chi connectivity index (χ1n) is 5.85. The molecule has 0 saturated heterocycles. The first kappa shape index (κ1) is 17.3. The fourth-order valence-electron chi connectivity index (χ4n) is 0.899. The molecule has 0 unspecified atom stereocenters. The molecule has 0 fully saturated rings. The van der Waals surface area contributed by atoms with Gasteiger partial charge < -0.3 is 18.9 Å². The highest BCUT2D eigenvalue weighted by atomic mass is 16.6. The standard InChI is InChI=1S/C13H20O6/c1-4-12(14)18-9-7-16-5-6-17-8-10-19-13(15)11(2)3/h4H,1-2,5-10H2,3H3.